The lowest BCUT2D eigenvalue weighted by molar-refractivity contribution is -0.119. The van der Waals surface area contributed by atoms with Crippen LogP contribution in [0.25, 0.3) is 0 Å². The van der Waals surface area contributed by atoms with Gasteiger partial charge in [-0.25, -0.2) is 4.39 Å². The summed E-state index contributed by atoms with van der Waals surface area (Å²) < 4.78 is 12.6. The highest BCUT2D eigenvalue weighted by atomic mass is 19.1. The molecule has 1 aliphatic rings. The van der Waals surface area contributed by atoms with Gasteiger partial charge in [0.1, 0.15) is 5.82 Å². The number of carbonyl (C=O) groups is 1. The molecule has 1 fully saturated rings. The Morgan fingerprint density at radius 2 is 2.00 bits per heavy atom. The Labute approximate surface area is 87.8 Å². The van der Waals surface area contributed by atoms with Crippen molar-refractivity contribution in [1.29, 1.82) is 0 Å². The van der Waals surface area contributed by atoms with Crippen LogP contribution in [0.4, 0.5) is 10.1 Å². The first-order chi connectivity index (χ1) is 7.16. The van der Waals surface area contributed by atoms with Gasteiger partial charge in [0, 0.05) is 5.69 Å². The van der Waals surface area contributed by atoms with Gasteiger partial charge >= 0.3 is 0 Å². The Balaban J connectivity index is 2.06. The van der Waals surface area contributed by atoms with Crippen molar-refractivity contribution in [2.45, 2.75) is 12.8 Å². The van der Waals surface area contributed by atoms with E-state index in [1.54, 1.807) is 18.2 Å². The lowest BCUT2D eigenvalue weighted by Crippen LogP contribution is -2.22. The molecule has 0 aromatic heterocycles. The molecule has 0 spiro atoms. The highest BCUT2D eigenvalue weighted by Gasteiger charge is 2.46. The van der Waals surface area contributed by atoms with Crippen molar-refractivity contribution in [3.63, 3.8) is 0 Å². The quantitative estimate of drug-likeness (QED) is 0.755. The van der Waals surface area contributed by atoms with E-state index in [4.69, 9.17) is 0 Å². The summed E-state index contributed by atoms with van der Waals surface area (Å²) in [7, 11) is 0. The van der Waals surface area contributed by atoms with Crippen molar-refractivity contribution in [2.75, 3.05) is 5.32 Å². The predicted molar refractivity (Wildman–Crippen MR) is 56.9 cm³/mol. The van der Waals surface area contributed by atoms with Crippen LogP contribution >= 0.6 is 0 Å². The van der Waals surface area contributed by atoms with E-state index in [1.807, 2.05) is 0 Å². The van der Waals surface area contributed by atoms with Gasteiger partial charge in [0.25, 0.3) is 0 Å². The first-order valence-electron chi connectivity index (χ1n) is 4.87. The van der Waals surface area contributed by atoms with Gasteiger partial charge in [-0.2, -0.15) is 0 Å². The van der Waals surface area contributed by atoms with Crippen molar-refractivity contribution in [3.8, 4) is 0 Å². The number of anilines is 1. The Morgan fingerprint density at radius 1 is 1.40 bits per heavy atom. The normalized spacial score (nSPS) is 16.9. The molecule has 0 atom stereocenters. The Kier molecular flexibility index (Phi) is 2.31. The van der Waals surface area contributed by atoms with E-state index >= 15 is 0 Å². The molecular formula is C12H12FNO. The highest BCUT2D eigenvalue weighted by Crippen LogP contribution is 2.47. The number of amides is 1. The van der Waals surface area contributed by atoms with Gasteiger partial charge in [-0.3, -0.25) is 4.79 Å². The van der Waals surface area contributed by atoms with E-state index in [0.29, 0.717) is 5.69 Å². The van der Waals surface area contributed by atoms with Crippen LogP contribution in [0.3, 0.4) is 0 Å². The second kappa shape index (κ2) is 3.50. The molecule has 2 nitrogen and oxygen atoms in total. The number of carbonyl (C=O) groups excluding carboxylic acids is 1. The third kappa shape index (κ3) is 1.91. The molecule has 0 aliphatic heterocycles. The zero-order chi connectivity index (χ0) is 10.9. The van der Waals surface area contributed by atoms with E-state index < -0.39 is 0 Å². The lowest BCUT2D eigenvalue weighted by Gasteiger charge is -2.10. The number of benzene rings is 1. The molecule has 1 N–H and O–H groups in total. The van der Waals surface area contributed by atoms with Crippen molar-refractivity contribution < 1.29 is 9.18 Å². The molecule has 78 valence electrons. The molecule has 0 radical (unpaired) electrons. The maximum atomic E-state index is 12.6. The van der Waals surface area contributed by atoms with E-state index in [2.05, 4.69) is 11.9 Å². The summed E-state index contributed by atoms with van der Waals surface area (Å²) >= 11 is 0. The number of halogens is 1. The van der Waals surface area contributed by atoms with Gasteiger partial charge in [0.2, 0.25) is 5.91 Å². The molecular weight excluding hydrogens is 193 g/mol. The van der Waals surface area contributed by atoms with Gasteiger partial charge in [-0.05, 0) is 37.1 Å². The van der Waals surface area contributed by atoms with Crippen LogP contribution in [0, 0.1) is 11.2 Å². The first-order valence-corrected chi connectivity index (χ1v) is 4.87. The minimum atomic E-state index is -0.381. The largest absolute Gasteiger partial charge is 0.325 e. The second-order valence-corrected chi connectivity index (χ2v) is 3.82. The lowest BCUT2D eigenvalue weighted by atomic mass is 10.1. The summed E-state index contributed by atoms with van der Waals surface area (Å²) in [6.45, 7) is 3.65. The monoisotopic (exact) mass is 205 g/mol. The molecule has 1 aromatic carbocycles. The topological polar surface area (TPSA) is 29.1 Å². The van der Waals surface area contributed by atoms with Gasteiger partial charge in [0.05, 0.1) is 5.41 Å². The molecule has 0 heterocycles. The number of hydrogen-bond donors (Lipinski definition) is 1. The maximum Gasteiger partial charge on any atom is 0.234 e. The van der Waals surface area contributed by atoms with Crippen LogP contribution in [-0.4, -0.2) is 5.91 Å². The molecule has 15 heavy (non-hydrogen) atoms. The molecule has 1 saturated carbocycles. The zero-order valence-electron chi connectivity index (χ0n) is 8.29. The summed E-state index contributed by atoms with van der Waals surface area (Å²) in [4.78, 5) is 11.7. The molecule has 0 unspecified atom stereocenters. The molecule has 3 heteroatoms. The third-order valence-electron chi connectivity index (χ3n) is 2.73. The van der Waals surface area contributed by atoms with E-state index in [0.717, 1.165) is 12.8 Å². The fourth-order valence-corrected chi connectivity index (χ4v) is 1.45. The van der Waals surface area contributed by atoms with Crippen molar-refractivity contribution in [3.05, 3.63) is 42.7 Å². The summed E-state index contributed by atoms with van der Waals surface area (Å²) in [5.41, 5.74) is 0.239. The minimum absolute atomic E-state index is 0.0518. The molecule has 1 amide bonds. The van der Waals surface area contributed by atoms with Crippen molar-refractivity contribution in [1.82, 2.24) is 0 Å². The SMILES string of the molecule is C=CC1(C(=O)Nc2ccc(F)cc2)CC1. The predicted octanol–water partition coefficient (Wildman–Crippen LogP) is 2.73. The van der Waals surface area contributed by atoms with Crippen LogP contribution < -0.4 is 5.32 Å². The molecule has 1 aliphatic carbocycles. The second-order valence-electron chi connectivity index (χ2n) is 3.82. The number of nitrogens with one attached hydrogen (secondary N) is 1. The van der Waals surface area contributed by atoms with Crippen LogP contribution in [-0.2, 0) is 4.79 Å². The third-order valence-corrected chi connectivity index (χ3v) is 2.73. The fourth-order valence-electron chi connectivity index (χ4n) is 1.45. The first kappa shape index (κ1) is 9.90. The Bertz CT molecular complexity index is 393. The maximum absolute atomic E-state index is 12.6. The molecule has 1 aromatic rings. The van der Waals surface area contributed by atoms with E-state index in [1.165, 1.54) is 12.1 Å². The van der Waals surface area contributed by atoms with Gasteiger partial charge in [-0.1, -0.05) is 6.08 Å². The van der Waals surface area contributed by atoms with Gasteiger partial charge in [-0.15, -0.1) is 6.58 Å². The summed E-state index contributed by atoms with van der Waals surface area (Å²) in [5, 5.41) is 2.75. The zero-order valence-corrected chi connectivity index (χ0v) is 8.29. The fraction of sp³-hybridized carbons (Fsp3) is 0.250. The molecule has 0 saturated heterocycles. The standard InChI is InChI=1S/C12H12FNO/c1-2-12(7-8-12)11(15)14-10-5-3-9(13)4-6-10/h2-6H,1,7-8H2,(H,14,15). The van der Waals surface area contributed by atoms with Crippen LogP contribution in [0.1, 0.15) is 12.8 Å². The average molecular weight is 205 g/mol. The summed E-state index contributed by atoms with van der Waals surface area (Å²) in [5.74, 6) is -0.359. The summed E-state index contributed by atoms with van der Waals surface area (Å²) in [6.07, 6.45) is 3.39. The number of hydrogen-bond acceptors (Lipinski definition) is 1. The van der Waals surface area contributed by atoms with Gasteiger partial charge < -0.3 is 5.32 Å². The Morgan fingerprint density at radius 3 is 2.47 bits per heavy atom. The van der Waals surface area contributed by atoms with E-state index in [-0.39, 0.29) is 17.1 Å². The van der Waals surface area contributed by atoms with Crippen molar-refractivity contribution in [2.24, 2.45) is 5.41 Å². The summed E-state index contributed by atoms with van der Waals surface area (Å²) in [6, 6.07) is 5.74. The molecule has 2 rings (SSSR count). The van der Waals surface area contributed by atoms with Crippen LogP contribution in [0.15, 0.2) is 36.9 Å². The molecule has 0 bridgehead atoms. The Hall–Kier alpha value is -1.64. The highest BCUT2D eigenvalue weighted by molar-refractivity contribution is 5.98. The smallest absolute Gasteiger partial charge is 0.234 e. The number of rotatable bonds is 3. The van der Waals surface area contributed by atoms with Crippen LogP contribution in [0.2, 0.25) is 0 Å². The van der Waals surface area contributed by atoms with Crippen molar-refractivity contribution >= 4 is 11.6 Å². The average Bonchev–Trinajstić information content (AvgIpc) is 3.02. The van der Waals surface area contributed by atoms with E-state index in [9.17, 15) is 9.18 Å². The van der Waals surface area contributed by atoms with Gasteiger partial charge in [0.15, 0.2) is 0 Å². The minimum Gasteiger partial charge on any atom is -0.325 e. The van der Waals surface area contributed by atoms with Crippen LogP contribution in [0.5, 0.6) is 0 Å².